The van der Waals surface area contributed by atoms with Crippen molar-refractivity contribution < 1.29 is 26.5 Å². The number of hydrogen-bond acceptors (Lipinski definition) is 7. The van der Waals surface area contributed by atoms with E-state index in [1.54, 1.807) is 6.92 Å². The van der Waals surface area contributed by atoms with E-state index in [0.29, 0.717) is 0 Å². The highest BCUT2D eigenvalue weighted by molar-refractivity contribution is 8.14. The maximum Gasteiger partial charge on any atom is 0.311 e. The van der Waals surface area contributed by atoms with Gasteiger partial charge in [-0.25, -0.2) is 16.8 Å². The quantitative estimate of drug-likeness (QED) is 0.410. The zero-order chi connectivity index (χ0) is 16.3. The van der Waals surface area contributed by atoms with Crippen LogP contribution in [0.3, 0.4) is 0 Å². The van der Waals surface area contributed by atoms with Crippen molar-refractivity contribution in [1.82, 2.24) is 0 Å². The number of benzene rings is 1. The Morgan fingerprint density at radius 2 is 1.86 bits per heavy atom. The van der Waals surface area contributed by atoms with Crippen LogP contribution in [-0.2, 0) is 18.9 Å². The molecule has 0 aliphatic heterocycles. The molecule has 0 heterocycles. The Morgan fingerprint density at radius 3 is 2.33 bits per heavy atom. The topological polar surface area (TPSA) is 121 Å². The van der Waals surface area contributed by atoms with Crippen LogP contribution in [0, 0.1) is 10.1 Å². The summed E-state index contributed by atoms with van der Waals surface area (Å²) in [6.07, 6.45) is 0. The summed E-state index contributed by atoms with van der Waals surface area (Å²) in [6, 6.07) is 3.02. The third kappa shape index (κ3) is 5.14. The minimum absolute atomic E-state index is 0.112. The van der Waals surface area contributed by atoms with Crippen LogP contribution in [0.25, 0.3) is 0 Å². The molecule has 0 saturated heterocycles. The highest BCUT2D eigenvalue weighted by atomic mass is 35.7. The Bertz CT molecular complexity index is 743. The first-order valence-corrected chi connectivity index (χ1v) is 9.76. The molecular formula is C10H12ClNO7S2. The molecular weight excluding hydrogens is 346 g/mol. The molecule has 0 radical (unpaired) electrons. The summed E-state index contributed by atoms with van der Waals surface area (Å²) in [4.78, 5) is 9.82. The SMILES string of the molecule is CCOc1cc(S(=O)(=O)CCS(=O)(=O)Cl)ccc1[N+](=O)[O-]. The highest BCUT2D eigenvalue weighted by Gasteiger charge is 2.23. The Hall–Kier alpha value is -1.39. The molecule has 0 saturated carbocycles. The first-order chi connectivity index (χ1) is 9.57. The van der Waals surface area contributed by atoms with Gasteiger partial charge in [0.05, 0.1) is 27.9 Å². The van der Waals surface area contributed by atoms with Crippen molar-refractivity contribution in [3.8, 4) is 5.75 Å². The van der Waals surface area contributed by atoms with E-state index in [-0.39, 0.29) is 22.9 Å². The summed E-state index contributed by atoms with van der Waals surface area (Å²) in [7, 11) is -2.93. The lowest BCUT2D eigenvalue weighted by molar-refractivity contribution is -0.385. The van der Waals surface area contributed by atoms with Gasteiger partial charge in [-0.3, -0.25) is 10.1 Å². The van der Waals surface area contributed by atoms with Crippen LogP contribution in [0.1, 0.15) is 6.92 Å². The van der Waals surface area contributed by atoms with Crippen molar-refractivity contribution in [3.63, 3.8) is 0 Å². The van der Waals surface area contributed by atoms with Gasteiger partial charge in [0.15, 0.2) is 15.6 Å². The van der Waals surface area contributed by atoms with Gasteiger partial charge in [-0.05, 0) is 13.0 Å². The van der Waals surface area contributed by atoms with E-state index < -0.39 is 35.3 Å². The van der Waals surface area contributed by atoms with Crippen molar-refractivity contribution in [2.75, 3.05) is 18.1 Å². The summed E-state index contributed by atoms with van der Waals surface area (Å²) in [5, 5.41) is 10.8. The van der Waals surface area contributed by atoms with Crippen molar-refractivity contribution in [2.24, 2.45) is 0 Å². The third-order valence-corrected chi connectivity index (χ3v) is 5.51. The van der Waals surface area contributed by atoms with Gasteiger partial charge in [-0.1, -0.05) is 0 Å². The molecule has 0 atom stereocenters. The highest BCUT2D eigenvalue weighted by Crippen LogP contribution is 2.30. The van der Waals surface area contributed by atoms with Crippen LogP contribution >= 0.6 is 10.7 Å². The standard InChI is InChI=1S/C10H12ClNO7S2/c1-2-19-10-7-8(3-4-9(10)12(13)14)20(15,16)5-6-21(11,17)18/h3-4,7H,2,5-6H2,1H3. The molecule has 0 fully saturated rings. The second-order valence-electron chi connectivity index (χ2n) is 3.88. The number of halogens is 1. The summed E-state index contributed by atoms with van der Waals surface area (Å²) in [5.74, 6) is -1.67. The monoisotopic (exact) mass is 357 g/mol. The lowest BCUT2D eigenvalue weighted by Crippen LogP contribution is -2.14. The minimum Gasteiger partial charge on any atom is -0.487 e. The van der Waals surface area contributed by atoms with Gasteiger partial charge in [-0.15, -0.1) is 0 Å². The van der Waals surface area contributed by atoms with Crippen molar-refractivity contribution in [1.29, 1.82) is 0 Å². The van der Waals surface area contributed by atoms with E-state index >= 15 is 0 Å². The van der Waals surface area contributed by atoms with Gasteiger partial charge in [0.1, 0.15) is 0 Å². The molecule has 0 N–H and O–H groups in total. The fourth-order valence-electron chi connectivity index (χ4n) is 1.44. The molecule has 1 rings (SSSR count). The van der Waals surface area contributed by atoms with E-state index in [4.69, 9.17) is 15.4 Å². The molecule has 0 aliphatic carbocycles. The van der Waals surface area contributed by atoms with E-state index in [0.717, 1.165) is 18.2 Å². The van der Waals surface area contributed by atoms with E-state index in [1.165, 1.54) is 0 Å². The molecule has 11 heteroatoms. The molecule has 1 aromatic rings. The van der Waals surface area contributed by atoms with Crippen molar-refractivity contribution in [2.45, 2.75) is 11.8 Å². The van der Waals surface area contributed by atoms with Gasteiger partial charge in [-0.2, -0.15) is 0 Å². The summed E-state index contributed by atoms with van der Waals surface area (Å²) in [5.41, 5.74) is -0.374. The van der Waals surface area contributed by atoms with Crippen LogP contribution in [0.4, 0.5) is 5.69 Å². The predicted octanol–water partition coefficient (Wildman–Crippen LogP) is 1.34. The van der Waals surface area contributed by atoms with Crippen LogP contribution in [-0.4, -0.2) is 39.9 Å². The molecule has 21 heavy (non-hydrogen) atoms. The normalized spacial score (nSPS) is 12.1. The van der Waals surface area contributed by atoms with Crippen LogP contribution in [0.2, 0.25) is 0 Å². The number of nitro groups is 1. The van der Waals surface area contributed by atoms with Gasteiger partial charge >= 0.3 is 5.69 Å². The number of nitro benzene ring substituents is 1. The van der Waals surface area contributed by atoms with Crippen LogP contribution in [0.15, 0.2) is 23.1 Å². The second kappa shape index (κ2) is 6.58. The number of rotatable bonds is 7. The Labute approximate surface area is 126 Å². The predicted molar refractivity (Wildman–Crippen MR) is 76.0 cm³/mol. The van der Waals surface area contributed by atoms with E-state index in [2.05, 4.69) is 0 Å². The second-order valence-corrected chi connectivity index (χ2v) is 8.89. The number of hydrogen-bond donors (Lipinski definition) is 0. The lowest BCUT2D eigenvalue weighted by atomic mass is 10.3. The minimum atomic E-state index is -3.95. The van der Waals surface area contributed by atoms with Crippen LogP contribution < -0.4 is 4.74 Å². The molecule has 1 aromatic carbocycles. The molecule has 0 aromatic heterocycles. The first-order valence-electron chi connectivity index (χ1n) is 5.63. The smallest absolute Gasteiger partial charge is 0.311 e. The van der Waals surface area contributed by atoms with E-state index in [1.807, 2.05) is 0 Å². The third-order valence-electron chi connectivity index (χ3n) is 2.38. The van der Waals surface area contributed by atoms with Gasteiger partial charge in [0.2, 0.25) is 9.05 Å². The van der Waals surface area contributed by atoms with Crippen molar-refractivity contribution in [3.05, 3.63) is 28.3 Å². The molecule has 0 spiro atoms. The van der Waals surface area contributed by atoms with Gasteiger partial charge in [0.25, 0.3) is 0 Å². The first kappa shape index (κ1) is 17.7. The zero-order valence-electron chi connectivity index (χ0n) is 10.9. The summed E-state index contributed by atoms with van der Waals surface area (Å²) in [6.45, 7) is 1.70. The van der Waals surface area contributed by atoms with Crippen LogP contribution in [0.5, 0.6) is 5.75 Å². The average molecular weight is 358 g/mol. The Morgan fingerprint density at radius 1 is 1.24 bits per heavy atom. The molecule has 0 aliphatic rings. The van der Waals surface area contributed by atoms with Gasteiger partial charge < -0.3 is 4.74 Å². The van der Waals surface area contributed by atoms with E-state index in [9.17, 15) is 26.9 Å². The Balaban J connectivity index is 3.19. The Kier molecular flexibility index (Phi) is 5.54. The largest absolute Gasteiger partial charge is 0.487 e. The average Bonchev–Trinajstić information content (AvgIpc) is 2.36. The molecule has 0 bridgehead atoms. The fourth-order valence-corrected chi connectivity index (χ4v) is 4.48. The fraction of sp³-hybridized carbons (Fsp3) is 0.400. The molecule has 8 nitrogen and oxygen atoms in total. The maximum atomic E-state index is 12.0. The number of nitrogens with zero attached hydrogens (tertiary/aromatic N) is 1. The summed E-state index contributed by atoms with van der Waals surface area (Å²) < 4.78 is 50.6. The lowest BCUT2D eigenvalue weighted by Gasteiger charge is -2.07. The zero-order valence-corrected chi connectivity index (χ0v) is 13.2. The molecule has 0 unspecified atom stereocenters. The van der Waals surface area contributed by atoms with Gasteiger partial charge in [0, 0.05) is 22.8 Å². The summed E-state index contributed by atoms with van der Waals surface area (Å²) >= 11 is 0. The number of sulfone groups is 1. The molecule has 0 amide bonds. The van der Waals surface area contributed by atoms with Crippen molar-refractivity contribution >= 4 is 35.3 Å². The number of ether oxygens (including phenoxy) is 1. The molecule has 118 valence electrons. The maximum absolute atomic E-state index is 12.0.